The van der Waals surface area contributed by atoms with Gasteiger partial charge in [-0.25, -0.2) is 0 Å². The van der Waals surface area contributed by atoms with E-state index in [1.54, 1.807) is 11.1 Å². The summed E-state index contributed by atoms with van der Waals surface area (Å²) in [5, 5.41) is 0. The molecular formula is C25H26. The molecule has 0 heterocycles. The fraction of sp³-hybridized carbons (Fsp3) is 0.280. The van der Waals surface area contributed by atoms with E-state index >= 15 is 0 Å². The van der Waals surface area contributed by atoms with Gasteiger partial charge in [-0.1, -0.05) is 59.7 Å². The van der Waals surface area contributed by atoms with E-state index in [4.69, 9.17) is 0 Å². The Balaban J connectivity index is 1.98. The van der Waals surface area contributed by atoms with Gasteiger partial charge in [0.15, 0.2) is 0 Å². The fourth-order valence-corrected chi connectivity index (χ4v) is 4.35. The largest absolute Gasteiger partial charge is 0.0587 e. The lowest BCUT2D eigenvalue weighted by molar-refractivity contribution is 0.912. The molecule has 3 aromatic carbocycles. The molecule has 0 fully saturated rings. The summed E-state index contributed by atoms with van der Waals surface area (Å²) in [7, 11) is 0. The summed E-state index contributed by atoms with van der Waals surface area (Å²) in [5.41, 5.74) is 14.4. The molecule has 0 heteroatoms. The van der Waals surface area contributed by atoms with Crippen molar-refractivity contribution in [3.05, 3.63) is 81.9 Å². The Morgan fingerprint density at radius 1 is 0.520 bits per heavy atom. The SMILES string of the molecule is Cc1ccc(-c2c(C)c(C)c(-c3ccc(C)cc3)c3c2CCC3)cc1. The molecule has 0 saturated heterocycles. The van der Waals surface area contributed by atoms with E-state index in [-0.39, 0.29) is 0 Å². The predicted octanol–water partition coefficient (Wildman–Crippen LogP) is 6.74. The van der Waals surface area contributed by atoms with Crippen LogP contribution in [0.25, 0.3) is 22.3 Å². The van der Waals surface area contributed by atoms with E-state index < -0.39 is 0 Å². The zero-order valence-electron chi connectivity index (χ0n) is 15.7. The van der Waals surface area contributed by atoms with Gasteiger partial charge in [-0.05, 0) is 91.5 Å². The highest BCUT2D eigenvalue weighted by molar-refractivity contribution is 5.84. The van der Waals surface area contributed by atoms with E-state index in [1.165, 1.54) is 63.8 Å². The first-order valence-corrected chi connectivity index (χ1v) is 9.35. The Hall–Kier alpha value is -2.34. The molecule has 25 heavy (non-hydrogen) atoms. The van der Waals surface area contributed by atoms with Crippen molar-refractivity contribution < 1.29 is 0 Å². The van der Waals surface area contributed by atoms with E-state index in [0.29, 0.717) is 0 Å². The fourth-order valence-electron chi connectivity index (χ4n) is 4.35. The number of fused-ring (bicyclic) bond motifs is 1. The summed E-state index contributed by atoms with van der Waals surface area (Å²) in [6, 6.07) is 18.1. The average molecular weight is 326 g/mol. The predicted molar refractivity (Wildman–Crippen MR) is 108 cm³/mol. The molecule has 0 saturated carbocycles. The molecule has 0 amide bonds. The number of aryl methyl sites for hydroxylation is 2. The van der Waals surface area contributed by atoms with Crippen molar-refractivity contribution in [2.45, 2.75) is 47.0 Å². The Kier molecular flexibility index (Phi) is 4.00. The number of hydrogen-bond acceptors (Lipinski definition) is 0. The van der Waals surface area contributed by atoms with Crippen LogP contribution in [0.15, 0.2) is 48.5 Å². The number of benzene rings is 3. The van der Waals surface area contributed by atoms with Crippen molar-refractivity contribution in [1.29, 1.82) is 0 Å². The molecule has 0 aliphatic heterocycles. The molecule has 0 bridgehead atoms. The summed E-state index contributed by atoms with van der Waals surface area (Å²) in [4.78, 5) is 0. The van der Waals surface area contributed by atoms with Crippen LogP contribution in [0.5, 0.6) is 0 Å². The minimum Gasteiger partial charge on any atom is -0.0587 e. The molecule has 3 aromatic rings. The molecule has 0 spiro atoms. The van der Waals surface area contributed by atoms with Gasteiger partial charge in [0, 0.05) is 0 Å². The quantitative estimate of drug-likeness (QED) is 0.489. The minimum absolute atomic E-state index is 1.21. The third-order valence-corrected chi connectivity index (χ3v) is 5.81. The monoisotopic (exact) mass is 326 g/mol. The van der Waals surface area contributed by atoms with E-state index in [2.05, 4.69) is 76.2 Å². The van der Waals surface area contributed by atoms with Gasteiger partial charge in [-0.15, -0.1) is 0 Å². The zero-order valence-corrected chi connectivity index (χ0v) is 15.7. The summed E-state index contributed by atoms with van der Waals surface area (Å²) in [6.45, 7) is 8.93. The average Bonchev–Trinajstić information content (AvgIpc) is 3.07. The Morgan fingerprint density at radius 3 is 1.24 bits per heavy atom. The van der Waals surface area contributed by atoms with Crippen molar-refractivity contribution in [2.75, 3.05) is 0 Å². The first-order chi connectivity index (χ1) is 12.1. The lowest BCUT2D eigenvalue weighted by atomic mass is 9.83. The molecule has 1 aliphatic rings. The molecule has 0 N–H and O–H groups in total. The topological polar surface area (TPSA) is 0 Å². The van der Waals surface area contributed by atoms with Crippen LogP contribution in [0.1, 0.15) is 39.8 Å². The van der Waals surface area contributed by atoms with Gasteiger partial charge in [-0.3, -0.25) is 0 Å². The summed E-state index contributed by atoms with van der Waals surface area (Å²) in [6.07, 6.45) is 3.69. The zero-order chi connectivity index (χ0) is 17.6. The highest BCUT2D eigenvalue weighted by Gasteiger charge is 2.24. The molecule has 4 rings (SSSR count). The summed E-state index contributed by atoms with van der Waals surface area (Å²) >= 11 is 0. The first-order valence-electron chi connectivity index (χ1n) is 9.35. The van der Waals surface area contributed by atoms with Crippen molar-refractivity contribution in [3.63, 3.8) is 0 Å². The summed E-state index contributed by atoms with van der Waals surface area (Å²) < 4.78 is 0. The Bertz CT molecular complexity index is 847. The number of hydrogen-bond donors (Lipinski definition) is 0. The number of rotatable bonds is 2. The molecule has 0 unspecified atom stereocenters. The third-order valence-electron chi connectivity index (χ3n) is 5.81. The van der Waals surface area contributed by atoms with Gasteiger partial charge in [-0.2, -0.15) is 0 Å². The molecular weight excluding hydrogens is 300 g/mol. The maximum atomic E-state index is 2.31. The third kappa shape index (κ3) is 2.70. The van der Waals surface area contributed by atoms with Crippen LogP contribution < -0.4 is 0 Å². The van der Waals surface area contributed by atoms with Gasteiger partial charge in [0.2, 0.25) is 0 Å². The molecule has 1 aliphatic carbocycles. The highest BCUT2D eigenvalue weighted by atomic mass is 14.3. The second kappa shape index (κ2) is 6.19. The van der Waals surface area contributed by atoms with Crippen LogP contribution in [-0.2, 0) is 12.8 Å². The van der Waals surface area contributed by atoms with Gasteiger partial charge in [0.05, 0.1) is 0 Å². The molecule has 0 nitrogen and oxygen atoms in total. The second-order valence-corrected chi connectivity index (χ2v) is 7.54. The standard InChI is InChI=1S/C25H26/c1-16-8-12-20(13-9-16)24-18(3)19(4)25(23-7-5-6-22(23)24)21-14-10-17(2)11-15-21/h8-15H,5-7H2,1-4H3. The van der Waals surface area contributed by atoms with Gasteiger partial charge < -0.3 is 0 Å². The van der Waals surface area contributed by atoms with Crippen LogP contribution in [0, 0.1) is 27.7 Å². The highest BCUT2D eigenvalue weighted by Crippen LogP contribution is 2.43. The van der Waals surface area contributed by atoms with Crippen LogP contribution in [0.3, 0.4) is 0 Å². The molecule has 0 aromatic heterocycles. The van der Waals surface area contributed by atoms with E-state index in [0.717, 1.165) is 0 Å². The smallest absolute Gasteiger partial charge is 0.0117 e. The van der Waals surface area contributed by atoms with Crippen LogP contribution in [0.2, 0.25) is 0 Å². The molecule has 0 atom stereocenters. The lowest BCUT2D eigenvalue weighted by Gasteiger charge is -2.21. The first kappa shape index (κ1) is 16.1. The van der Waals surface area contributed by atoms with Gasteiger partial charge in [0.1, 0.15) is 0 Å². The Labute approximate surface area is 151 Å². The molecule has 0 radical (unpaired) electrons. The van der Waals surface area contributed by atoms with Crippen LogP contribution >= 0.6 is 0 Å². The summed E-state index contributed by atoms with van der Waals surface area (Å²) in [5.74, 6) is 0. The maximum Gasteiger partial charge on any atom is -0.0117 e. The van der Waals surface area contributed by atoms with E-state index in [9.17, 15) is 0 Å². The van der Waals surface area contributed by atoms with Crippen molar-refractivity contribution in [1.82, 2.24) is 0 Å². The van der Waals surface area contributed by atoms with Crippen molar-refractivity contribution in [2.24, 2.45) is 0 Å². The minimum atomic E-state index is 1.21. The lowest BCUT2D eigenvalue weighted by Crippen LogP contribution is -2.01. The van der Waals surface area contributed by atoms with Crippen molar-refractivity contribution >= 4 is 0 Å². The van der Waals surface area contributed by atoms with Gasteiger partial charge >= 0.3 is 0 Å². The van der Waals surface area contributed by atoms with E-state index in [1.807, 2.05) is 0 Å². The van der Waals surface area contributed by atoms with Crippen molar-refractivity contribution in [3.8, 4) is 22.3 Å². The normalized spacial score (nSPS) is 13.1. The van der Waals surface area contributed by atoms with Gasteiger partial charge in [0.25, 0.3) is 0 Å². The Morgan fingerprint density at radius 2 is 0.880 bits per heavy atom. The second-order valence-electron chi connectivity index (χ2n) is 7.54. The maximum absolute atomic E-state index is 2.31. The van der Waals surface area contributed by atoms with Crippen LogP contribution in [0.4, 0.5) is 0 Å². The van der Waals surface area contributed by atoms with Crippen LogP contribution in [-0.4, -0.2) is 0 Å². The molecule has 126 valence electrons.